The highest BCUT2D eigenvalue weighted by molar-refractivity contribution is 5.57. The second-order valence-corrected chi connectivity index (χ2v) is 3.03. The Balaban J connectivity index is 2.11. The Hall–Kier alpha value is -1.88. The molecule has 0 spiro atoms. The Bertz CT molecular complexity index is 396. The largest absolute Gasteiger partial charge is 0.395 e. The van der Waals surface area contributed by atoms with E-state index in [4.69, 9.17) is 5.11 Å². The normalized spacial score (nSPS) is 10.2. The molecule has 0 amide bonds. The molecule has 3 N–H and O–H groups in total. The van der Waals surface area contributed by atoms with Crippen LogP contribution in [0.15, 0.2) is 30.7 Å². The smallest absolute Gasteiger partial charge is 0.222 e. The van der Waals surface area contributed by atoms with Crippen LogP contribution >= 0.6 is 0 Å². The van der Waals surface area contributed by atoms with Crippen LogP contribution in [0, 0.1) is 0 Å². The van der Waals surface area contributed by atoms with Crippen molar-refractivity contribution in [3.05, 3.63) is 30.7 Å². The fourth-order valence-electron chi connectivity index (χ4n) is 1.24. The van der Waals surface area contributed by atoms with Gasteiger partial charge in [0, 0.05) is 36.4 Å². The van der Waals surface area contributed by atoms with Gasteiger partial charge >= 0.3 is 0 Å². The minimum Gasteiger partial charge on any atom is -0.395 e. The molecule has 0 fully saturated rings. The zero-order valence-electron chi connectivity index (χ0n) is 8.14. The number of rotatable bonds is 4. The molecule has 15 heavy (non-hydrogen) atoms. The number of hydrogen-bond acceptors (Lipinski definition) is 4. The number of aromatic amines is 1. The molecule has 0 saturated heterocycles. The quantitative estimate of drug-likeness (QED) is 0.691. The number of hydrogen-bond donors (Lipinski definition) is 3. The van der Waals surface area contributed by atoms with Crippen LogP contribution < -0.4 is 5.32 Å². The molecule has 0 atom stereocenters. The highest BCUT2D eigenvalue weighted by atomic mass is 16.3. The van der Waals surface area contributed by atoms with E-state index in [2.05, 4.69) is 20.3 Å². The van der Waals surface area contributed by atoms with E-state index in [1.165, 1.54) is 0 Å². The van der Waals surface area contributed by atoms with Crippen LogP contribution in [0.5, 0.6) is 0 Å². The molecule has 2 aromatic rings. The van der Waals surface area contributed by atoms with Crippen LogP contribution in [0.1, 0.15) is 0 Å². The monoisotopic (exact) mass is 204 g/mol. The maximum absolute atomic E-state index is 8.61. The van der Waals surface area contributed by atoms with Crippen molar-refractivity contribution >= 4 is 5.95 Å². The van der Waals surface area contributed by atoms with Gasteiger partial charge in [-0.2, -0.15) is 0 Å². The molecule has 78 valence electrons. The van der Waals surface area contributed by atoms with Gasteiger partial charge in [0.25, 0.3) is 0 Å². The Morgan fingerprint density at radius 1 is 1.33 bits per heavy atom. The molecule has 0 bridgehead atoms. The average Bonchev–Trinajstić information content (AvgIpc) is 2.80. The van der Waals surface area contributed by atoms with Gasteiger partial charge in [-0.05, 0) is 12.1 Å². The van der Waals surface area contributed by atoms with Crippen molar-refractivity contribution in [2.24, 2.45) is 0 Å². The minimum atomic E-state index is 0.0712. The molecular formula is C10H12N4O. The fraction of sp³-hybridized carbons (Fsp3) is 0.200. The third-order valence-electron chi connectivity index (χ3n) is 1.96. The third-order valence-corrected chi connectivity index (χ3v) is 1.96. The van der Waals surface area contributed by atoms with Gasteiger partial charge in [0.05, 0.1) is 6.61 Å². The number of anilines is 1. The van der Waals surface area contributed by atoms with Crippen LogP contribution in [0.2, 0.25) is 0 Å². The summed E-state index contributed by atoms with van der Waals surface area (Å²) in [5.41, 5.74) is 1.93. The summed E-state index contributed by atoms with van der Waals surface area (Å²) in [5, 5.41) is 11.5. The van der Waals surface area contributed by atoms with Crippen molar-refractivity contribution in [2.75, 3.05) is 18.5 Å². The summed E-state index contributed by atoms with van der Waals surface area (Å²) in [6.07, 6.45) is 5.32. The predicted octanol–water partition coefficient (Wildman–Crippen LogP) is 0.876. The molecule has 5 nitrogen and oxygen atoms in total. The topological polar surface area (TPSA) is 73.8 Å². The molecule has 0 radical (unpaired) electrons. The van der Waals surface area contributed by atoms with Gasteiger partial charge < -0.3 is 15.4 Å². The lowest BCUT2D eigenvalue weighted by Gasteiger charge is -2.02. The van der Waals surface area contributed by atoms with Crippen molar-refractivity contribution < 1.29 is 5.11 Å². The fourth-order valence-corrected chi connectivity index (χ4v) is 1.24. The van der Waals surface area contributed by atoms with Crippen LogP contribution in [0.25, 0.3) is 11.3 Å². The molecule has 2 aromatic heterocycles. The maximum atomic E-state index is 8.61. The molecule has 0 saturated carbocycles. The summed E-state index contributed by atoms with van der Waals surface area (Å²) < 4.78 is 0. The van der Waals surface area contributed by atoms with E-state index in [0.29, 0.717) is 12.5 Å². The van der Waals surface area contributed by atoms with Crippen LogP contribution in [-0.4, -0.2) is 33.2 Å². The van der Waals surface area contributed by atoms with Crippen LogP contribution in [0.3, 0.4) is 0 Å². The number of H-pyrrole nitrogens is 1. The Morgan fingerprint density at radius 3 is 2.73 bits per heavy atom. The minimum absolute atomic E-state index is 0.0712. The molecule has 0 aliphatic heterocycles. The van der Waals surface area contributed by atoms with Crippen molar-refractivity contribution in [2.45, 2.75) is 0 Å². The van der Waals surface area contributed by atoms with Crippen molar-refractivity contribution in [1.82, 2.24) is 15.0 Å². The van der Waals surface area contributed by atoms with E-state index in [-0.39, 0.29) is 6.61 Å². The number of nitrogens with one attached hydrogen (secondary N) is 2. The van der Waals surface area contributed by atoms with Crippen LogP contribution in [-0.2, 0) is 0 Å². The molecule has 2 heterocycles. The van der Waals surface area contributed by atoms with Crippen LogP contribution in [0.4, 0.5) is 5.95 Å². The zero-order chi connectivity index (χ0) is 10.5. The summed E-state index contributed by atoms with van der Waals surface area (Å²) in [7, 11) is 0. The molecular weight excluding hydrogens is 192 g/mol. The summed E-state index contributed by atoms with van der Waals surface area (Å²) >= 11 is 0. The Labute approximate surface area is 87.2 Å². The first-order valence-electron chi connectivity index (χ1n) is 4.70. The lowest BCUT2D eigenvalue weighted by atomic mass is 10.2. The molecule has 5 heteroatoms. The average molecular weight is 204 g/mol. The molecule has 0 aliphatic carbocycles. The lowest BCUT2D eigenvalue weighted by Crippen LogP contribution is -2.08. The van der Waals surface area contributed by atoms with Gasteiger partial charge in [0.1, 0.15) is 0 Å². The first-order valence-corrected chi connectivity index (χ1v) is 4.70. The number of aromatic nitrogens is 3. The van der Waals surface area contributed by atoms with E-state index >= 15 is 0 Å². The lowest BCUT2D eigenvalue weighted by molar-refractivity contribution is 0.311. The third kappa shape index (κ3) is 2.32. The second-order valence-electron chi connectivity index (χ2n) is 3.03. The number of aliphatic hydroxyl groups is 1. The van der Waals surface area contributed by atoms with Crippen molar-refractivity contribution in [1.29, 1.82) is 0 Å². The molecule has 2 rings (SSSR count). The van der Waals surface area contributed by atoms with Gasteiger partial charge in [-0.25, -0.2) is 9.97 Å². The standard InChI is InChI=1S/C10H12N4O/c15-5-4-12-10-13-6-8(7-14-10)9-2-1-3-11-9/h1-3,6-7,11,15H,4-5H2,(H,12,13,14). The first-order chi connectivity index (χ1) is 7.40. The summed E-state index contributed by atoms with van der Waals surface area (Å²) in [5.74, 6) is 0.527. The Kier molecular flexibility index (Phi) is 2.94. The van der Waals surface area contributed by atoms with E-state index < -0.39 is 0 Å². The van der Waals surface area contributed by atoms with Crippen molar-refractivity contribution in [3.8, 4) is 11.3 Å². The predicted molar refractivity (Wildman–Crippen MR) is 57.4 cm³/mol. The van der Waals surface area contributed by atoms with E-state index in [9.17, 15) is 0 Å². The van der Waals surface area contributed by atoms with Gasteiger partial charge in [0.2, 0.25) is 5.95 Å². The molecule has 0 unspecified atom stereocenters. The number of nitrogens with zero attached hydrogens (tertiary/aromatic N) is 2. The van der Waals surface area contributed by atoms with Gasteiger partial charge in [-0.3, -0.25) is 0 Å². The molecule has 0 aromatic carbocycles. The second kappa shape index (κ2) is 4.56. The van der Waals surface area contributed by atoms with Gasteiger partial charge in [-0.15, -0.1) is 0 Å². The SMILES string of the molecule is OCCNc1ncc(-c2ccc[nH]2)cn1. The summed E-state index contributed by atoms with van der Waals surface area (Å²) in [6.45, 7) is 0.531. The van der Waals surface area contributed by atoms with Gasteiger partial charge in [-0.1, -0.05) is 0 Å². The summed E-state index contributed by atoms with van der Waals surface area (Å²) in [6, 6.07) is 3.88. The molecule has 0 aliphatic rings. The zero-order valence-corrected chi connectivity index (χ0v) is 8.14. The highest BCUT2D eigenvalue weighted by Crippen LogP contribution is 2.14. The van der Waals surface area contributed by atoms with E-state index in [1.807, 2.05) is 18.3 Å². The maximum Gasteiger partial charge on any atom is 0.222 e. The first kappa shape index (κ1) is 9.67. The highest BCUT2D eigenvalue weighted by Gasteiger charge is 1.99. The Morgan fingerprint density at radius 2 is 2.13 bits per heavy atom. The van der Waals surface area contributed by atoms with Gasteiger partial charge in [0.15, 0.2) is 0 Å². The van der Waals surface area contributed by atoms with E-state index in [0.717, 1.165) is 11.3 Å². The van der Waals surface area contributed by atoms with Crippen molar-refractivity contribution in [3.63, 3.8) is 0 Å². The number of aliphatic hydroxyl groups excluding tert-OH is 1. The van der Waals surface area contributed by atoms with E-state index in [1.54, 1.807) is 12.4 Å². The summed E-state index contributed by atoms with van der Waals surface area (Å²) in [4.78, 5) is 11.3.